The normalized spacial score (nSPS) is 42.6. The highest BCUT2D eigenvalue weighted by atomic mass is 16.3. The standard InChI is InChI=1S/C16H30N2O/c1-17-10-5-6-13-12-18(11-9-14(13)17)15-7-3-2-4-8-16(15)19/h13-16,19H,2-12H2,1H3. The Labute approximate surface area is 118 Å². The van der Waals surface area contributed by atoms with Crippen LogP contribution in [-0.2, 0) is 0 Å². The van der Waals surface area contributed by atoms with Gasteiger partial charge in [0.2, 0.25) is 0 Å². The minimum atomic E-state index is -0.0691. The van der Waals surface area contributed by atoms with Crippen molar-refractivity contribution in [1.82, 2.24) is 9.80 Å². The number of fused-ring (bicyclic) bond motifs is 1. The topological polar surface area (TPSA) is 26.7 Å². The van der Waals surface area contributed by atoms with Crippen molar-refractivity contribution < 1.29 is 5.11 Å². The summed E-state index contributed by atoms with van der Waals surface area (Å²) in [4.78, 5) is 5.21. The number of aliphatic hydroxyl groups is 1. The van der Waals surface area contributed by atoms with Crippen LogP contribution in [0.15, 0.2) is 0 Å². The van der Waals surface area contributed by atoms with Gasteiger partial charge in [-0.15, -0.1) is 0 Å². The molecule has 1 N–H and O–H groups in total. The Morgan fingerprint density at radius 1 is 0.842 bits per heavy atom. The third kappa shape index (κ3) is 2.98. The number of hydrogen-bond donors (Lipinski definition) is 1. The molecule has 3 fully saturated rings. The summed E-state index contributed by atoms with van der Waals surface area (Å²) in [5.41, 5.74) is 0. The van der Waals surface area contributed by atoms with Gasteiger partial charge in [-0.05, 0) is 51.6 Å². The molecule has 110 valence electrons. The van der Waals surface area contributed by atoms with E-state index < -0.39 is 0 Å². The second-order valence-electron chi connectivity index (χ2n) is 7.01. The lowest BCUT2D eigenvalue weighted by atomic mass is 9.83. The first-order valence-corrected chi connectivity index (χ1v) is 8.38. The molecule has 0 aromatic carbocycles. The van der Waals surface area contributed by atoms with Gasteiger partial charge >= 0.3 is 0 Å². The van der Waals surface area contributed by atoms with Crippen LogP contribution in [0, 0.1) is 5.92 Å². The first-order valence-electron chi connectivity index (χ1n) is 8.38. The molecule has 3 heteroatoms. The number of rotatable bonds is 1. The van der Waals surface area contributed by atoms with Crippen LogP contribution < -0.4 is 0 Å². The van der Waals surface area contributed by atoms with Crippen molar-refractivity contribution in [2.24, 2.45) is 5.92 Å². The molecular formula is C16H30N2O. The summed E-state index contributed by atoms with van der Waals surface area (Å²) in [7, 11) is 2.30. The summed E-state index contributed by atoms with van der Waals surface area (Å²) in [6, 6.07) is 1.27. The Hall–Kier alpha value is -0.120. The minimum Gasteiger partial charge on any atom is -0.391 e. The summed E-state index contributed by atoms with van der Waals surface area (Å²) < 4.78 is 0. The maximum Gasteiger partial charge on any atom is 0.0695 e. The fourth-order valence-electron chi connectivity index (χ4n) is 4.68. The second kappa shape index (κ2) is 6.11. The van der Waals surface area contributed by atoms with Crippen molar-refractivity contribution in [3.63, 3.8) is 0 Å². The largest absolute Gasteiger partial charge is 0.391 e. The van der Waals surface area contributed by atoms with Gasteiger partial charge in [-0.25, -0.2) is 0 Å². The first kappa shape index (κ1) is 13.8. The van der Waals surface area contributed by atoms with Crippen molar-refractivity contribution in [3.8, 4) is 0 Å². The Morgan fingerprint density at radius 2 is 1.68 bits per heavy atom. The van der Waals surface area contributed by atoms with E-state index in [1.165, 1.54) is 64.6 Å². The van der Waals surface area contributed by atoms with E-state index in [2.05, 4.69) is 16.8 Å². The van der Waals surface area contributed by atoms with Crippen molar-refractivity contribution >= 4 is 0 Å². The Morgan fingerprint density at radius 3 is 2.58 bits per heavy atom. The molecule has 0 spiro atoms. The molecule has 0 aromatic heterocycles. The average molecular weight is 266 g/mol. The zero-order valence-electron chi connectivity index (χ0n) is 12.4. The van der Waals surface area contributed by atoms with Crippen LogP contribution in [0.25, 0.3) is 0 Å². The molecule has 2 aliphatic heterocycles. The maximum absolute atomic E-state index is 10.4. The van der Waals surface area contributed by atoms with Gasteiger partial charge in [-0.1, -0.05) is 19.3 Å². The van der Waals surface area contributed by atoms with E-state index in [-0.39, 0.29) is 6.10 Å². The van der Waals surface area contributed by atoms with E-state index in [4.69, 9.17) is 0 Å². The van der Waals surface area contributed by atoms with Crippen LogP contribution in [0.5, 0.6) is 0 Å². The highest BCUT2D eigenvalue weighted by Crippen LogP contribution is 2.33. The van der Waals surface area contributed by atoms with Crippen LogP contribution in [-0.4, -0.2) is 59.8 Å². The molecular weight excluding hydrogens is 236 g/mol. The molecule has 1 aliphatic carbocycles. The average Bonchev–Trinajstić information content (AvgIpc) is 2.63. The summed E-state index contributed by atoms with van der Waals surface area (Å²) in [6.45, 7) is 3.72. The van der Waals surface area contributed by atoms with E-state index in [0.717, 1.165) is 18.4 Å². The third-order valence-electron chi connectivity index (χ3n) is 5.79. The van der Waals surface area contributed by atoms with Crippen LogP contribution in [0.2, 0.25) is 0 Å². The fourth-order valence-corrected chi connectivity index (χ4v) is 4.68. The summed E-state index contributed by atoms with van der Waals surface area (Å²) in [6.07, 6.45) is 10.1. The number of piperidine rings is 2. The van der Waals surface area contributed by atoms with Crippen molar-refractivity contribution in [1.29, 1.82) is 0 Å². The van der Waals surface area contributed by atoms with Gasteiger partial charge in [0.15, 0.2) is 0 Å². The predicted octanol–water partition coefficient (Wildman–Crippen LogP) is 2.10. The van der Waals surface area contributed by atoms with Gasteiger partial charge < -0.3 is 10.0 Å². The Bertz CT molecular complexity index is 296. The smallest absolute Gasteiger partial charge is 0.0695 e. The molecule has 19 heavy (non-hydrogen) atoms. The molecule has 3 aliphatic rings. The number of likely N-dealkylation sites (tertiary alicyclic amines) is 2. The lowest BCUT2D eigenvalue weighted by molar-refractivity contribution is -0.0191. The van der Waals surface area contributed by atoms with Crippen molar-refractivity contribution in [2.45, 2.75) is 69.6 Å². The van der Waals surface area contributed by atoms with Gasteiger partial charge in [0.25, 0.3) is 0 Å². The highest BCUT2D eigenvalue weighted by Gasteiger charge is 2.38. The zero-order chi connectivity index (χ0) is 13.2. The molecule has 3 rings (SSSR count). The fraction of sp³-hybridized carbons (Fsp3) is 1.00. The van der Waals surface area contributed by atoms with Crippen LogP contribution in [0.3, 0.4) is 0 Å². The summed E-state index contributed by atoms with van der Waals surface area (Å²) in [5.74, 6) is 0.850. The molecule has 0 radical (unpaired) electrons. The molecule has 4 atom stereocenters. The van der Waals surface area contributed by atoms with E-state index in [1.807, 2.05) is 0 Å². The van der Waals surface area contributed by atoms with Crippen LogP contribution in [0.4, 0.5) is 0 Å². The Kier molecular flexibility index (Phi) is 4.45. The highest BCUT2D eigenvalue weighted by molar-refractivity contribution is 4.93. The van der Waals surface area contributed by atoms with Crippen LogP contribution >= 0.6 is 0 Å². The molecule has 0 aromatic rings. The van der Waals surface area contributed by atoms with Gasteiger partial charge in [0.05, 0.1) is 6.10 Å². The predicted molar refractivity (Wildman–Crippen MR) is 78.2 cm³/mol. The van der Waals surface area contributed by atoms with Crippen LogP contribution in [0.1, 0.15) is 51.4 Å². The van der Waals surface area contributed by atoms with E-state index in [0.29, 0.717) is 6.04 Å². The molecule has 3 nitrogen and oxygen atoms in total. The van der Waals surface area contributed by atoms with E-state index >= 15 is 0 Å². The Balaban J connectivity index is 1.63. The molecule has 2 saturated heterocycles. The number of aliphatic hydroxyl groups excluding tert-OH is 1. The third-order valence-corrected chi connectivity index (χ3v) is 5.79. The first-order chi connectivity index (χ1) is 9.25. The summed E-state index contributed by atoms with van der Waals surface area (Å²) in [5, 5.41) is 10.4. The quantitative estimate of drug-likeness (QED) is 0.736. The van der Waals surface area contributed by atoms with Gasteiger partial charge in [0, 0.05) is 25.2 Å². The SMILES string of the molecule is CN1CCCC2CN(C3CCCCCC3O)CCC21. The number of nitrogens with zero attached hydrogens (tertiary/aromatic N) is 2. The zero-order valence-corrected chi connectivity index (χ0v) is 12.4. The lowest BCUT2D eigenvalue weighted by Gasteiger charge is -2.48. The van der Waals surface area contributed by atoms with E-state index in [1.54, 1.807) is 0 Å². The van der Waals surface area contributed by atoms with Gasteiger partial charge in [-0.3, -0.25) is 4.90 Å². The lowest BCUT2D eigenvalue weighted by Crippen LogP contribution is -2.56. The van der Waals surface area contributed by atoms with Crippen molar-refractivity contribution in [3.05, 3.63) is 0 Å². The maximum atomic E-state index is 10.4. The number of hydrogen-bond acceptors (Lipinski definition) is 3. The summed E-state index contributed by atoms with van der Waals surface area (Å²) >= 11 is 0. The molecule has 2 heterocycles. The van der Waals surface area contributed by atoms with E-state index in [9.17, 15) is 5.11 Å². The minimum absolute atomic E-state index is 0.0691. The second-order valence-corrected chi connectivity index (χ2v) is 7.01. The molecule has 0 amide bonds. The molecule has 4 unspecified atom stereocenters. The van der Waals surface area contributed by atoms with Crippen molar-refractivity contribution in [2.75, 3.05) is 26.7 Å². The van der Waals surface area contributed by atoms with Gasteiger partial charge in [0.1, 0.15) is 0 Å². The monoisotopic (exact) mass is 266 g/mol. The molecule has 0 bridgehead atoms. The van der Waals surface area contributed by atoms with Gasteiger partial charge in [-0.2, -0.15) is 0 Å². The molecule has 1 saturated carbocycles.